The third kappa shape index (κ3) is 4.95. The highest BCUT2D eigenvalue weighted by Gasteiger charge is 2.31. The predicted molar refractivity (Wildman–Crippen MR) is 83.8 cm³/mol. The van der Waals surface area contributed by atoms with Crippen LogP contribution in [0.1, 0.15) is 33.1 Å². The molecule has 2 atom stereocenters. The number of hydrogen-bond acceptors (Lipinski definition) is 4. The highest BCUT2D eigenvalue weighted by Crippen LogP contribution is 2.27. The van der Waals surface area contributed by atoms with Crippen LogP contribution in [-0.4, -0.2) is 56.9 Å². The molecule has 5 nitrogen and oxygen atoms in total. The summed E-state index contributed by atoms with van der Waals surface area (Å²) >= 11 is 0. The van der Waals surface area contributed by atoms with Crippen LogP contribution in [0.2, 0.25) is 0 Å². The van der Waals surface area contributed by atoms with Gasteiger partial charge in [-0.1, -0.05) is 13.8 Å². The van der Waals surface area contributed by atoms with E-state index in [2.05, 4.69) is 5.32 Å². The zero-order chi connectivity index (χ0) is 15.5. The van der Waals surface area contributed by atoms with E-state index in [0.29, 0.717) is 11.8 Å². The topological polar surface area (TPSA) is 66.5 Å². The van der Waals surface area contributed by atoms with Crippen molar-refractivity contribution in [1.82, 2.24) is 10.2 Å². The molecular formula is C15H28N2O3S. The van der Waals surface area contributed by atoms with Crippen molar-refractivity contribution >= 4 is 15.7 Å². The van der Waals surface area contributed by atoms with Crippen molar-refractivity contribution in [3.8, 4) is 0 Å². The quantitative estimate of drug-likeness (QED) is 0.818. The molecule has 2 aliphatic heterocycles. The van der Waals surface area contributed by atoms with Gasteiger partial charge in [0.05, 0.1) is 11.5 Å². The summed E-state index contributed by atoms with van der Waals surface area (Å²) in [5, 5.41) is 3.42. The van der Waals surface area contributed by atoms with Crippen molar-refractivity contribution in [3.63, 3.8) is 0 Å². The molecule has 0 aliphatic carbocycles. The van der Waals surface area contributed by atoms with Gasteiger partial charge in [0, 0.05) is 19.5 Å². The summed E-state index contributed by atoms with van der Waals surface area (Å²) in [6.45, 7) is 7.48. The second-order valence-electron chi connectivity index (χ2n) is 6.89. The van der Waals surface area contributed by atoms with E-state index >= 15 is 0 Å². The first-order chi connectivity index (χ1) is 9.87. The number of carbonyl (C=O) groups is 1. The van der Waals surface area contributed by atoms with E-state index in [4.69, 9.17) is 0 Å². The Morgan fingerprint density at radius 3 is 2.29 bits per heavy atom. The number of nitrogens with zero attached hydrogens (tertiary/aromatic N) is 1. The number of hydrogen-bond donors (Lipinski definition) is 1. The highest BCUT2D eigenvalue weighted by molar-refractivity contribution is 7.91. The van der Waals surface area contributed by atoms with Crippen LogP contribution in [0, 0.1) is 17.8 Å². The van der Waals surface area contributed by atoms with E-state index in [1.807, 2.05) is 18.7 Å². The maximum atomic E-state index is 12.2. The van der Waals surface area contributed by atoms with Gasteiger partial charge in [0.1, 0.15) is 0 Å². The molecule has 6 heteroatoms. The molecule has 0 unspecified atom stereocenters. The normalized spacial score (nSPS) is 26.7. The molecule has 1 N–H and O–H groups in total. The smallest absolute Gasteiger partial charge is 0.223 e. The van der Waals surface area contributed by atoms with Crippen molar-refractivity contribution in [1.29, 1.82) is 0 Å². The lowest BCUT2D eigenvalue weighted by molar-refractivity contribution is -0.130. The van der Waals surface area contributed by atoms with Crippen LogP contribution >= 0.6 is 0 Å². The first-order valence-electron chi connectivity index (χ1n) is 8.06. The largest absolute Gasteiger partial charge is 0.343 e. The molecule has 2 heterocycles. The molecule has 122 valence electrons. The van der Waals surface area contributed by atoms with E-state index in [-0.39, 0.29) is 29.8 Å². The summed E-state index contributed by atoms with van der Waals surface area (Å²) in [5.41, 5.74) is 0. The second kappa shape index (κ2) is 7.09. The third-order valence-electron chi connectivity index (χ3n) is 4.59. The van der Waals surface area contributed by atoms with Crippen LogP contribution in [0.4, 0.5) is 0 Å². The molecule has 0 aromatic rings. The monoisotopic (exact) mass is 316 g/mol. The number of rotatable bonds is 5. The summed E-state index contributed by atoms with van der Waals surface area (Å²) < 4.78 is 23.8. The number of amides is 1. The second-order valence-corrected chi connectivity index (χ2v) is 9.12. The Balaban J connectivity index is 1.81. The van der Waals surface area contributed by atoms with Crippen LogP contribution in [0.25, 0.3) is 0 Å². The average Bonchev–Trinajstić information content (AvgIpc) is 2.74. The Morgan fingerprint density at radius 2 is 1.76 bits per heavy atom. The van der Waals surface area contributed by atoms with Gasteiger partial charge < -0.3 is 10.2 Å². The zero-order valence-corrected chi connectivity index (χ0v) is 14.0. The Bertz CT molecular complexity index is 448. The molecule has 0 aromatic heterocycles. The summed E-state index contributed by atoms with van der Waals surface area (Å²) in [6.07, 6.45) is 2.23. The summed E-state index contributed by atoms with van der Waals surface area (Å²) in [4.78, 5) is 14.1. The molecule has 1 amide bonds. The molecule has 0 spiro atoms. The molecule has 2 fully saturated rings. The molecule has 2 aliphatic rings. The van der Waals surface area contributed by atoms with Crippen molar-refractivity contribution in [2.75, 3.05) is 37.7 Å². The molecule has 2 saturated heterocycles. The van der Waals surface area contributed by atoms with Crippen molar-refractivity contribution in [2.45, 2.75) is 33.1 Å². The lowest BCUT2D eigenvalue weighted by Crippen LogP contribution is -2.34. The molecular weight excluding hydrogens is 288 g/mol. The molecule has 21 heavy (non-hydrogen) atoms. The summed E-state index contributed by atoms with van der Waals surface area (Å²) in [5.74, 6) is 1.68. The predicted octanol–water partition coefficient (Wildman–Crippen LogP) is 0.905. The van der Waals surface area contributed by atoms with Crippen LogP contribution in [0.5, 0.6) is 0 Å². The summed E-state index contributed by atoms with van der Waals surface area (Å²) in [6, 6.07) is 0. The average molecular weight is 316 g/mol. The van der Waals surface area contributed by atoms with Gasteiger partial charge in [-0.2, -0.15) is 0 Å². The lowest BCUT2D eigenvalue weighted by atomic mass is 9.92. The summed E-state index contributed by atoms with van der Waals surface area (Å²) in [7, 11) is -3.10. The Morgan fingerprint density at radius 1 is 1.19 bits per heavy atom. The number of likely N-dealkylation sites (tertiary alicyclic amines) is 1. The minimum absolute atomic E-state index is 0.00503. The lowest BCUT2D eigenvalue weighted by Gasteiger charge is -2.21. The number of carbonyl (C=O) groups excluding carboxylic acids is 1. The van der Waals surface area contributed by atoms with Gasteiger partial charge in [-0.3, -0.25) is 4.79 Å². The first kappa shape index (κ1) is 16.7. The molecule has 0 aromatic carbocycles. The minimum atomic E-state index is -3.10. The minimum Gasteiger partial charge on any atom is -0.343 e. The molecule has 2 rings (SSSR count). The number of sulfone groups is 1. The highest BCUT2D eigenvalue weighted by atomic mass is 32.2. The fraction of sp³-hybridized carbons (Fsp3) is 0.933. The molecule has 0 saturated carbocycles. The van der Waals surface area contributed by atoms with Gasteiger partial charge in [-0.15, -0.1) is 0 Å². The van der Waals surface area contributed by atoms with Crippen molar-refractivity contribution in [3.05, 3.63) is 0 Å². The SMILES string of the molecule is CC(C)CS(=O)(=O)CCC(=O)N1CC[C@@H]2CNC[C@@H]2CC1. The van der Waals surface area contributed by atoms with E-state index < -0.39 is 9.84 Å². The van der Waals surface area contributed by atoms with E-state index in [9.17, 15) is 13.2 Å². The van der Waals surface area contributed by atoms with E-state index in [0.717, 1.165) is 39.0 Å². The first-order valence-corrected chi connectivity index (χ1v) is 9.88. The molecule has 0 bridgehead atoms. The van der Waals surface area contributed by atoms with Gasteiger partial charge in [0.25, 0.3) is 0 Å². The van der Waals surface area contributed by atoms with Crippen LogP contribution in [0.3, 0.4) is 0 Å². The third-order valence-corrected chi connectivity index (χ3v) is 6.59. The fourth-order valence-corrected chi connectivity index (χ4v) is 5.13. The maximum Gasteiger partial charge on any atom is 0.223 e. The van der Waals surface area contributed by atoms with Crippen molar-refractivity contribution < 1.29 is 13.2 Å². The zero-order valence-electron chi connectivity index (χ0n) is 13.2. The van der Waals surface area contributed by atoms with E-state index in [1.165, 1.54) is 0 Å². The van der Waals surface area contributed by atoms with Gasteiger partial charge >= 0.3 is 0 Å². The van der Waals surface area contributed by atoms with Crippen LogP contribution < -0.4 is 5.32 Å². The Hall–Kier alpha value is -0.620. The van der Waals surface area contributed by atoms with Crippen LogP contribution in [0.15, 0.2) is 0 Å². The van der Waals surface area contributed by atoms with Crippen LogP contribution in [-0.2, 0) is 14.6 Å². The van der Waals surface area contributed by atoms with E-state index in [1.54, 1.807) is 0 Å². The standard InChI is InChI=1S/C15H28N2O3S/c1-12(2)11-21(19,20)8-5-15(18)17-6-3-13-9-16-10-14(13)4-7-17/h12-14,16H,3-11H2,1-2H3/t13-,14+. The number of fused-ring (bicyclic) bond motifs is 1. The van der Waals surface area contributed by atoms with Gasteiger partial charge in [-0.05, 0) is 43.7 Å². The van der Waals surface area contributed by atoms with Gasteiger partial charge in [0.2, 0.25) is 5.91 Å². The number of nitrogens with one attached hydrogen (secondary N) is 1. The van der Waals surface area contributed by atoms with Gasteiger partial charge in [-0.25, -0.2) is 8.42 Å². The Labute approximate surface area is 128 Å². The Kier molecular flexibility index (Phi) is 5.66. The maximum absolute atomic E-state index is 12.2. The van der Waals surface area contributed by atoms with Crippen molar-refractivity contribution in [2.24, 2.45) is 17.8 Å². The van der Waals surface area contributed by atoms with Gasteiger partial charge in [0.15, 0.2) is 9.84 Å². The molecule has 0 radical (unpaired) electrons. The fourth-order valence-electron chi connectivity index (χ4n) is 3.46.